The quantitative estimate of drug-likeness (QED) is 0.114. The van der Waals surface area contributed by atoms with Gasteiger partial charge >= 0.3 is 0 Å². The first kappa shape index (κ1) is 91.8. The SMILES string of the molecule is C.C.C.C.C.C.C.C.CC(C)C1=Nc2cc(C(C)C)ccc2C1.CC(C)C1=Nc2cc(C(C)C)ccc2C1.CC(C)c1ccc2cc(C(C)C)[nH]c2c1.CC(C)c1ccc2cc(C(C)C)[nH]c2c1.CC(C)c1ccc2nc(C(C)C)[nH]c2c1.CC(C)c1csc(C(C)C)n1. The molecule has 0 aliphatic carbocycles. The highest BCUT2D eigenvalue weighted by Crippen LogP contribution is 2.34. The average Bonchev–Trinajstić information content (AvgIpc) is 1.71. The van der Waals surface area contributed by atoms with Gasteiger partial charge in [-0.25, -0.2) is 9.97 Å². The fourth-order valence-electron chi connectivity index (χ4n) is 10.0. The second-order valence-electron chi connectivity index (χ2n) is 27.8. The Labute approximate surface area is 583 Å². The van der Waals surface area contributed by atoms with Crippen LogP contribution < -0.4 is 0 Å². The lowest BCUT2D eigenvalue weighted by Crippen LogP contribution is -2.06. The topological polar surface area (TPSA) is 97.9 Å². The summed E-state index contributed by atoms with van der Waals surface area (Å²) in [6.45, 7) is 53.0. The summed E-state index contributed by atoms with van der Waals surface area (Å²) in [7, 11) is 0. The van der Waals surface area contributed by atoms with Crippen LogP contribution in [-0.4, -0.2) is 36.3 Å². The lowest BCUT2D eigenvalue weighted by Gasteiger charge is -2.06. The molecule has 2 aliphatic rings. The summed E-state index contributed by atoms with van der Waals surface area (Å²) >= 11 is 1.77. The van der Waals surface area contributed by atoms with Gasteiger partial charge in [0, 0.05) is 63.9 Å². The number of aromatic amines is 3. The summed E-state index contributed by atoms with van der Waals surface area (Å²) in [6.07, 6.45) is 2.09. The largest absolute Gasteiger partial charge is 0.358 e. The molecule has 0 fully saturated rings. The van der Waals surface area contributed by atoms with Gasteiger partial charge in [0.25, 0.3) is 0 Å². The predicted octanol–water partition coefficient (Wildman–Crippen LogP) is 29.3. The van der Waals surface area contributed by atoms with Gasteiger partial charge < -0.3 is 15.0 Å². The molecule has 3 N–H and O–H groups in total. The number of aromatic nitrogens is 5. The van der Waals surface area contributed by atoms with Crippen LogP contribution in [0.15, 0.2) is 118 Å². The fourth-order valence-corrected chi connectivity index (χ4v) is 11.0. The molecule has 0 radical (unpaired) electrons. The van der Waals surface area contributed by atoms with Crippen molar-refractivity contribution in [1.29, 1.82) is 0 Å². The molecule has 8 heteroatoms. The zero-order valence-electron chi connectivity index (χ0n) is 57.4. The van der Waals surface area contributed by atoms with Gasteiger partial charge in [-0.15, -0.1) is 11.3 Å². The van der Waals surface area contributed by atoms with Crippen LogP contribution in [0.5, 0.6) is 0 Å². The van der Waals surface area contributed by atoms with Gasteiger partial charge in [0.1, 0.15) is 5.82 Å². The zero-order valence-corrected chi connectivity index (χ0v) is 58.2. The Morgan fingerprint density at radius 1 is 0.319 bits per heavy atom. The normalized spacial score (nSPS) is 11.7. The first-order chi connectivity index (χ1) is 40.5. The van der Waals surface area contributed by atoms with E-state index in [4.69, 9.17) is 9.98 Å². The maximum atomic E-state index is 4.71. The Bertz CT molecular complexity index is 3320. The van der Waals surface area contributed by atoms with Crippen LogP contribution in [0.25, 0.3) is 32.8 Å². The van der Waals surface area contributed by atoms with Crippen LogP contribution in [0.4, 0.5) is 11.4 Å². The van der Waals surface area contributed by atoms with Crippen molar-refractivity contribution >= 4 is 67.0 Å². The third-order valence-corrected chi connectivity index (χ3v) is 17.6. The third kappa shape index (κ3) is 25.3. The van der Waals surface area contributed by atoms with Crippen molar-refractivity contribution in [3.8, 4) is 0 Å². The number of fused-ring (bicyclic) bond motifs is 5. The molecule has 4 aromatic heterocycles. The minimum absolute atomic E-state index is 0. The Balaban J connectivity index is -0.00000104. The summed E-state index contributed by atoms with van der Waals surface area (Å²) < 4.78 is 0. The Morgan fingerprint density at radius 3 is 0.979 bits per heavy atom. The molecule has 526 valence electrons. The van der Waals surface area contributed by atoms with Crippen LogP contribution in [0.2, 0.25) is 0 Å². The summed E-state index contributed by atoms with van der Waals surface area (Å²) in [5, 5.41) is 6.07. The van der Waals surface area contributed by atoms with E-state index in [9.17, 15) is 0 Å². The van der Waals surface area contributed by atoms with Crippen molar-refractivity contribution in [2.75, 3.05) is 0 Å². The van der Waals surface area contributed by atoms with E-state index in [2.05, 4.69) is 300 Å². The van der Waals surface area contributed by atoms with Crippen LogP contribution in [0.1, 0.15) is 352 Å². The molecule has 2 aliphatic heterocycles. The van der Waals surface area contributed by atoms with Crippen molar-refractivity contribution in [2.45, 2.75) is 298 Å². The first-order valence-corrected chi connectivity index (χ1v) is 33.5. The molecule has 0 saturated heterocycles. The van der Waals surface area contributed by atoms with E-state index in [1.165, 1.54) is 106 Å². The number of H-pyrrole nitrogens is 3. The fraction of sp³-hybridized carbons (Fsp3) is 0.535. The Hall–Kier alpha value is -6.38. The maximum absolute atomic E-state index is 4.71. The van der Waals surface area contributed by atoms with Crippen molar-refractivity contribution in [1.82, 2.24) is 24.9 Å². The van der Waals surface area contributed by atoms with Crippen molar-refractivity contribution in [3.63, 3.8) is 0 Å². The smallest absolute Gasteiger partial charge is 0.109 e. The van der Waals surface area contributed by atoms with E-state index >= 15 is 0 Å². The summed E-state index contributed by atoms with van der Waals surface area (Å²) in [4.78, 5) is 28.9. The maximum Gasteiger partial charge on any atom is 0.109 e. The van der Waals surface area contributed by atoms with Gasteiger partial charge in [-0.05, 0) is 157 Å². The Kier molecular flexibility index (Phi) is 40.6. The zero-order chi connectivity index (χ0) is 63.4. The van der Waals surface area contributed by atoms with Crippen molar-refractivity contribution in [2.24, 2.45) is 21.8 Å². The van der Waals surface area contributed by atoms with Crippen molar-refractivity contribution < 1.29 is 0 Å². The number of aliphatic imine (C=N–C) groups is 2. The van der Waals surface area contributed by atoms with E-state index in [1.54, 1.807) is 11.3 Å². The van der Waals surface area contributed by atoms with Gasteiger partial charge in [-0.1, -0.05) is 280 Å². The molecule has 11 rings (SSSR count). The number of nitrogens with zero attached hydrogens (tertiary/aromatic N) is 4. The molecule has 0 amide bonds. The highest BCUT2D eigenvalue weighted by Gasteiger charge is 2.19. The Morgan fingerprint density at radius 2 is 0.670 bits per heavy atom. The molecule has 6 heterocycles. The molecule has 94 heavy (non-hydrogen) atoms. The van der Waals surface area contributed by atoms with E-state index in [0.717, 1.165) is 29.7 Å². The van der Waals surface area contributed by atoms with Crippen LogP contribution in [0, 0.1) is 11.8 Å². The monoisotopic (exact) mass is 1300 g/mol. The van der Waals surface area contributed by atoms with E-state index in [0.29, 0.717) is 71.0 Å². The highest BCUT2D eigenvalue weighted by atomic mass is 32.1. The van der Waals surface area contributed by atoms with E-state index in [1.807, 2.05) is 0 Å². The molecule has 0 bridgehead atoms. The lowest BCUT2D eigenvalue weighted by atomic mass is 9.98. The van der Waals surface area contributed by atoms with Gasteiger partial charge in [0.05, 0.1) is 33.1 Å². The number of benzene rings is 5. The van der Waals surface area contributed by atoms with Crippen LogP contribution >= 0.6 is 11.3 Å². The van der Waals surface area contributed by atoms with Crippen LogP contribution in [0.3, 0.4) is 0 Å². The highest BCUT2D eigenvalue weighted by molar-refractivity contribution is 7.09. The number of nitrogens with one attached hydrogen (secondary N) is 3. The third-order valence-electron chi connectivity index (χ3n) is 16.4. The standard InChI is InChI=1S/4C14H19N.C13H18N2.C9H15NS.8CH4/c4*1-9(2)11-5-6-12-8-13(10(3)4)15-14(12)7-11;1-8(2)10-5-6-11-12(7-10)15-13(14-11)9(3)4;1-6(2)8-5-11-9(10-8)7(3)4;;;;;;;;/h2*5-7,9-10H,8H2,1-4H3;2*5-10,15H,1-4H3;5-9H,1-4H3,(H,14,15);5-7H,1-4H3;8*1H4. The molecular weight excluding hydrogens is 1160 g/mol. The second kappa shape index (κ2) is 41.6. The molecule has 9 aromatic rings. The molecule has 0 saturated carbocycles. The molecule has 0 atom stereocenters. The van der Waals surface area contributed by atoms with E-state index in [-0.39, 0.29) is 59.4 Å². The molecular formula is C86H141N7S. The van der Waals surface area contributed by atoms with Gasteiger partial charge in [0.15, 0.2) is 0 Å². The van der Waals surface area contributed by atoms with E-state index < -0.39 is 0 Å². The number of rotatable bonds is 12. The number of imidazole rings is 1. The predicted molar refractivity (Wildman–Crippen MR) is 434 cm³/mol. The minimum atomic E-state index is 0. The second-order valence-corrected chi connectivity index (χ2v) is 28.7. The molecule has 0 unspecified atom stereocenters. The number of thiazole rings is 1. The molecule has 5 aromatic carbocycles. The molecule has 7 nitrogen and oxygen atoms in total. The molecule has 0 spiro atoms. The summed E-state index contributed by atoms with van der Waals surface area (Å²) in [5.74, 6) is 7.90. The van der Waals surface area contributed by atoms with Gasteiger partial charge in [-0.3, -0.25) is 9.98 Å². The number of hydrogen-bond acceptors (Lipinski definition) is 5. The first-order valence-electron chi connectivity index (χ1n) is 32.6. The van der Waals surface area contributed by atoms with Gasteiger partial charge in [-0.2, -0.15) is 0 Å². The van der Waals surface area contributed by atoms with Crippen molar-refractivity contribution in [3.05, 3.63) is 175 Å². The van der Waals surface area contributed by atoms with Gasteiger partial charge in [0.2, 0.25) is 0 Å². The van der Waals surface area contributed by atoms with Crippen LogP contribution in [-0.2, 0) is 12.8 Å². The lowest BCUT2D eigenvalue weighted by molar-refractivity contribution is 0.793. The number of hydrogen-bond donors (Lipinski definition) is 3. The minimum Gasteiger partial charge on any atom is -0.358 e. The average molecular weight is 1310 g/mol. The summed E-state index contributed by atoms with van der Waals surface area (Å²) in [5.41, 5.74) is 23.4. The summed E-state index contributed by atoms with van der Waals surface area (Å²) in [6, 6.07) is 37.9.